The van der Waals surface area contributed by atoms with Crippen LogP contribution in [0, 0.1) is 0 Å². The summed E-state index contributed by atoms with van der Waals surface area (Å²) in [5.74, 6) is -0.216. The first-order chi connectivity index (χ1) is 12.5. The van der Waals surface area contributed by atoms with Gasteiger partial charge in [-0.05, 0) is 32.6 Å². The Morgan fingerprint density at radius 3 is 2.65 bits per heavy atom. The molecule has 6 nitrogen and oxygen atoms in total. The minimum Gasteiger partial charge on any atom is -0.355 e. The van der Waals surface area contributed by atoms with Crippen LogP contribution in [0.4, 0.5) is 0 Å². The third-order valence-electron chi connectivity index (χ3n) is 2.95. The molecule has 2 amide bonds. The summed E-state index contributed by atoms with van der Waals surface area (Å²) < 4.78 is 0. The zero-order valence-electron chi connectivity index (χ0n) is 15.1. The van der Waals surface area contributed by atoms with Gasteiger partial charge in [0.2, 0.25) is 5.91 Å². The summed E-state index contributed by atoms with van der Waals surface area (Å²) >= 11 is 6.82. The first-order valence-electron chi connectivity index (χ1n) is 8.00. The SMILES string of the molecule is CS/C(C=C(C)C)=C(\N=Cc1nccs1)C(=O)NCCCNC(=O)CS. The third kappa shape index (κ3) is 8.68. The van der Waals surface area contributed by atoms with E-state index >= 15 is 0 Å². The maximum absolute atomic E-state index is 12.6. The number of carbonyl (C=O) groups excluding carboxylic acids is 2. The van der Waals surface area contributed by atoms with Gasteiger partial charge < -0.3 is 10.6 Å². The molecule has 0 aromatic carbocycles. The lowest BCUT2D eigenvalue weighted by molar-refractivity contribution is -0.118. The molecule has 26 heavy (non-hydrogen) atoms. The van der Waals surface area contributed by atoms with Gasteiger partial charge in [-0.3, -0.25) is 9.59 Å². The molecule has 1 aromatic heterocycles. The Morgan fingerprint density at radius 1 is 1.35 bits per heavy atom. The van der Waals surface area contributed by atoms with Crippen LogP contribution in [0.2, 0.25) is 0 Å². The van der Waals surface area contributed by atoms with Crippen molar-refractivity contribution < 1.29 is 9.59 Å². The minimum absolute atomic E-state index is 0.124. The van der Waals surface area contributed by atoms with Crippen molar-refractivity contribution in [3.8, 4) is 0 Å². The molecule has 0 bridgehead atoms. The van der Waals surface area contributed by atoms with E-state index in [-0.39, 0.29) is 17.6 Å². The molecule has 2 N–H and O–H groups in total. The number of rotatable bonds is 10. The number of allylic oxidation sites excluding steroid dienone is 2. The second-order valence-electron chi connectivity index (χ2n) is 5.38. The largest absolute Gasteiger partial charge is 0.355 e. The number of hydrogen-bond acceptors (Lipinski definition) is 7. The van der Waals surface area contributed by atoms with Gasteiger partial charge in [0.15, 0.2) is 0 Å². The number of thiol groups is 1. The molecule has 0 aliphatic rings. The highest BCUT2D eigenvalue weighted by Crippen LogP contribution is 2.21. The Kier molecular flexibility index (Phi) is 11.0. The molecule has 142 valence electrons. The van der Waals surface area contributed by atoms with Crippen LogP contribution in [0.3, 0.4) is 0 Å². The monoisotopic (exact) mass is 412 g/mol. The lowest BCUT2D eigenvalue weighted by atomic mass is 10.2. The molecular formula is C17H24N4O2S3. The van der Waals surface area contributed by atoms with Crippen molar-refractivity contribution in [2.24, 2.45) is 4.99 Å². The summed E-state index contributed by atoms with van der Waals surface area (Å²) in [5, 5.41) is 8.16. The number of nitrogens with zero attached hydrogens (tertiary/aromatic N) is 2. The fraction of sp³-hybridized carbons (Fsp3) is 0.412. The molecule has 0 spiro atoms. The predicted octanol–water partition coefficient (Wildman–Crippen LogP) is 2.66. The molecule has 0 fully saturated rings. The van der Waals surface area contributed by atoms with E-state index in [9.17, 15) is 9.59 Å². The van der Waals surface area contributed by atoms with Crippen LogP contribution in [0.15, 0.2) is 38.8 Å². The van der Waals surface area contributed by atoms with Gasteiger partial charge in [-0.2, -0.15) is 12.6 Å². The third-order valence-corrected chi connectivity index (χ3v) is 4.70. The Bertz CT molecular complexity index is 678. The van der Waals surface area contributed by atoms with Gasteiger partial charge in [-0.25, -0.2) is 9.98 Å². The van der Waals surface area contributed by atoms with E-state index in [2.05, 4.69) is 33.2 Å². The van der Waals surface area contributed by atoms with E-state index in [1.165, 1.54) is 23.1 Å². The van der Waals surface area contributed by atoms with Crippen LogP contribution in [-0.2, 0) is 9.59 Å². The Morgan fingerprint density at radius 2 is 2.08 bits per heavy atom. The van der Waals surface area contributed by atoms with E-state index in [4.69, 9.17) is 0 Å². The van der Waals surface area contributed by atoms with Gasteiger partial charge in [-0.1, -0.05) is 5.57 Å². The van der Waals surface area contributed by atoms with Gasteiger partial charge in [0.1, 0.15) is 10.7 Å². The molecule has 1 aromatic rings. The number of nitrogens with one attached hydrogen (secondary N) is 2. The van der Waals surface area contributed by atoms with Crippen LogP contribution < -0.4 is 10.6 Å². The lowest BCUT2D eigenvalue weighted by Crippen LogP contribution is -2.31. The molecule has 9 heteroatoms. The van der Waals surface area contributed by atoms with Gasteiger partial charge >= 0.3 is 0 Å². The number of aliphatic imine (C=N–C) groups is 1. The van der Waals surface area contributed by atoms with Gasteiger partial charge in [0.05, 0.1) is 12.0 Å². The molecule has 0 saturated carbocycles. The number of carbonyl (C=O) groups is 2. The van der Waals surface area contributed by atoms with Crippen LogP contribution in [0.5, 0.6) is 0 Å². The first-order valence-corrected chi connectivity index (χ1v) is 10.7. The zero-order chi connectivity index (χ0) is 19.4. The smallest absolute Gasteiger partial charge is 0.271 e. The normalized spacial score (nSPS) is 11.8. The second kappa shape index (κ2) is 12.7. The van der Waals surface area contributed by atoms with Crippen molar-refractivity contribution in [1.82, 2.24) is 15.6 Å². The van der Waals surface area contributed by atoms with Gasteiger partial charge in [0, 0.05) is 29.6 Å². The molecule has 0 radical (unpaired) electrons. The van der Waals surface area contributed by atoms with Crippen LogP contribution in [0.25, 0.3) is 0 Å². The van der Waals surface area contributed by atoms with Crippen molar-refractivity contribution >= 4 is 53.8 Å². The number of aromatic nitrogens is 1. The van der Waals surface area contributed by atoms with Gasteiger partial charge in [0.25, 0.3) is 5.91 Å². The van der Waals surface area contributed by atoms with Crippen molar-refractivity contribution in [3.63, 3.8) is 0 Å². The highest BCUT2D eigenvalue weighted by Gasteiger charge is 2.13. The fourth-order valence-electron chi connectivity index (χ4n) is 1.80. The van der Waals surface area contributed by atoms with E-state index < -0.39 is 0 Å². The summed E-state index contributed by atoms with van der Waals surface area (Å²) in [6, 6.07) is 0. The van der Waals surface area contributed by atoms with Crippen LogP contribution in [0.1, 0.15) is 25.3 Å². The molecule has 0 aliphatic heterocycles. The Labute approximate surface area is 168 Å². The maximum Gasteiger partial charge on any atom is 0.271 e. The molecule has 0 unspecified atom stereocenters. The average molecular weight is 413 g/mol. The minimum atomic E-state index is -0.250. The van der Waals surface area contributed by atoms with E-state index in [0.717, 1.165) is 15.5 Å². The van der Waals surface area contributed by atoms with Crippen LogP contribution in [-0.4, -0.2) is 48.1 Å². The van der Waals surface area contributed by atoms with Crippen LogP contribution >= 0.6 is 35.7 Å². The van der Waals surface area contributed by atoms with Crippen molar-refractivity contribution in [2.75, 3.05) is 25.1 Å². The molecular weight excluding hydrogens is 388 g/mol. The quantitative estimate of drug-likeness (QED) is 0.181. The molecule has 0 atom stereocenters. The Balaban J connectivity index is 2.80. The molecule has 0 saturated heterocycles. The first kappa shape index (κ1) is 22.5. The molecule has 0 aliphatic carbocycles. The second-order valence-corrected chi connectivity index (χ2v) is 7.48. The van der Waals surface area contributed by atoms with Crippen molar-refractivity contribution in [1.29, 1.82) is 0 Å². The molecule has 1 rings (SSSR count). The topological polar surface area (TPSA) is 83.4 Å². The lowest BCUT2D eigenvalue weighted by Gasteiger charge is -2.09. The van der Waals surface area contributed by atoms with Crippen molar-refractivity contribution in [3.05, 3.63) is 38.8 Å². The number of thioether (sulfide) groups is 1. The highest BCUT2D eigenvalue weighted by atomic mass is 32.2. The molecule has 1 heterocycles. The predicted molar refractivity (Wildman–Crippen MR) is 114 cm³/mol. The zero-order valence-corrected chi connectivity index (χ0v) is 17.6. The maximum atomic E-state index is 12.6. The highest BCUT2D eigenvalue weighted by molar-refractivity contribution is 8.02. The van der Waals surface area contributed by atoms with Crippen molar-refractivity contribution in [2.45, 2.75) is 20.3 Å². The average Bonchev–Trinajstić information content (AvgIpc) is 3.13. The standard InChI is InChI=1S/C17H24N4O2S3/c1-12(2)9-13(25-3)16(21-10-15-19-7-8-26-15)17(23)20-6-4-5-18-14(22)11-24/h7-10,24H,4-6,11H2,1-3H3,(H,18,22)(H,20,23)/b16-13-,21-10?. The summed E-state index contributed by atoms with van der Waals surface area (Å²) in [6.07, 6.45) is 7.77. The van der Waals surface area contributed by atoms with Gasteiger partial charge in [-0.15, -0.1) is 23.1 Å². The van der Waals surface area contributed by atoms with E-state index in [1.807, 2.05) is 31.6 Å². The number of thiazole rings is 1. The summed E-state index contributed by atoms with van der Waals surface area (Å²) in [5.41, 5.74) is 1.44. The fourth-order valence-corrected chi connectivity index (χ4v) is 3.10. The summed E-state index contributed by atoms with van der Waals surface area (Å²) in [4.78, 5) is 33.0. The summed E-state index contributed by atoms with van der Waals surface area (Å²) in [6.45, 7) is 4.88. The summed E-state index contributed by atoms with van der Waals surface area (Å²) in [7, 11) is 0. The van der Waals surface area contributed by atoms with E-state index in [1.54, 1.807) is 12.4 Å². The van der Waals surface area contributed by atoms with E-state index in [0.29, 0.717) is 25.2 Å². The Hall–Kier alpha value is -1.58. The number of amides is 2. The number of hydrogen-bond donors (Lipinski definition) is 3.